The molecule has 2 rings (SSSR count). The minimum atomic E-state index is 0.203. The van der Waals surface area contributed by atoms with Crippen molar-refractivity contribution < 1.29 is 0 Å². The van der Waals surface area contributed by atoms with Crippen LogP contribution in [-0.2, 0) is 0 Å². The van der Waals surface area contributed by atoms with Gasteiger partial charge in [-0.25, -0.2) is 9.50 Å². The van der Waals surface area contributed by atoms with Crippen LogP contribution < -0.4 is 5.32 Å². The number of aryl methyl sites for hydroxylation is 2. The smallest absolute Gasteiger partial charge is 0.155 e. The first-order valence-electron chi connectivity index (χ1n) is 7.08. The quantitative estimate of drug-likeness (QED) is 0.850. The fourth-order valence-corrected chi connectivity index (χ4v) is 2.51. The first-order valence-corrected chi connectivity index (χ1v) is 7.08. The minimum absolute atomic E-state index is 0.203. The molecule has 2 atom stereocenters. The highest BCUT2D eigenvalue weighted by molar-refractivity contribution is 5.42. The van der Waals surface area contributed by atoms with E-state index in [0.29, 0.717) is 6.04 Å². The third kappa shape index (κ3) is 2.83. The zero-order valence-corrected chi connectivity index (χ0v) is 12.6. The molecular formula is C16H22N4. The van der Waals surface area contributed by atoms with Crippen molar-refractivity contribution >= 4 is 5.65 Å². The molecule has 106 valence electrons. The van der Waals surface area contributed by atoms with Gasteiger partial charge in [0, 0.05) is 42.0 Å². The number of nitrogens with zero attached hydrogens (tertiary/aromatic N) is 3. The van der Waals surface area contributed by atoms with Crippen LogP contribution in [0.25, 0.3) is 5.65 Å². The third-order valence-corrected chi connectivity index (χ3v) is 3.69. The molecule has 0 fully saturated rings. The van der Waals surface area contributed by atoms with Gasteiger partial charge in [0.25, 0.3) is 0 Å². The SMILES string of the molecule is C#CCC(CC)NC(C)c1cnc2cc(C)nn2c1C. The van der Waals surface area contributed by atoms with Crippen molar-refractivity contribution in [1.82, 2.24) is 19.9 Å². The van der Waals surface area contributed by atoms with Crippen LogP contribution in [0.4, 0.5) is 0 Å². The van der Waals surface area contributed by atoms with Crippen LogP contribution in [0.3, 0.4) is 0 Å². The van der Waals surface area contributed by atoms with Gasteiger partial charge >= 0.3 is 0 Å². The highest BCUT2D eigenvalue weighted by atomic mass is 15.3. The lowest BCUT2D eigenvalue weighted by Gasteiger charge is -2.22. The van der Waals surface area contributed by atoms with E-state index in [-0.39, 0.29) is 6.04 Å². The molecule has 2 aromatic rings. The molecule has 4 heteroatoms. The average molecular weight is 270 g/mol. The summed E-state index contributed by atoms with van der Waals surface area (Å²) in [5, 5.41) is 8.06. The molecule has 0 aliphatic heterocycles. The van der Waals surface area contributed by atoms with Crippen LogP contribution in [0.15, 0.2) is 12.3 Å². The van der Waals surface area contributed by atoms with Crippen molar-refractivity contribution in [1.29, 1.82) is 0 Å². The van der Waals surface area contributed by atoms with Gasteiger partial charge in [0.2, 0.25) is 0 Å². The van der Waals surface area contributed by atoms with Crippen molar-refractivity contribution in [2.75, 3.05) is 0 Å². The fraction of sp³-hybridized carbons (Fsp3) is 0.500. The summed E-state index contributed by atoms with van der Waals surface area (Å²) in [4.78, 5) is 4.48. The van der Waals surface area contributed by atoms with Crippen molar-refractivity contribution in [2.24, 2.45) is 0 Å². The molecule has 0 saturated carbocycles. The van der Waals surface area contributed by atoms with Gasteiger partial charge < -0.3 is 5.32 Å². The van der Waals surface area contributed by atoms with Crippen LogP contribution >= 0.6 is 0 Å². The molecule has 0 aliphatic rings. The highest BCUT2D eigenvalue weighted by Gasteiger charge is 2.15. The Labute approximate surface area is 120 Å². The summed E-state index contributed by atoms with van der Waals surface area (Å²) < 4.78 is 1.91. The van der Waals surface area contributed by atoms with Gasteiger partial charge in [-0.05, 0) is 27.2 Å². The molecule has 0 aliphatic carbocycles. The monoisotopic (exact) mass is 270 g/mol. The molecule has 0 aromatic carbocycles. The summed E-state index contributed by atoms with van der Waals surface area (Å²) in [5.41, 5.74) is 4.17. The lowest BCUT2D eigenvalue weighted by molar-refractivity contribution is 0.445. The number of aromatic nitrogens is 3. The lowest BCUT2D eigenvalue weighted by atomic mass is 10.1. The minimum Gasteiger partial charge on any atom is -0.306 e. The van der Waals surface area contributed by atoms with Crippen LogP contribution in [0.5, 0.6) is 0 Å². The van der Waals surface area contributed by atoms with Crippen LogP contribution in [0.1, 0.15) is 49.7 Å². The molecule has 0 radical (unpaired) electrons. The number of hydrogen-bond donors (Lipinski definition) is 1. The number of fused-ring (bicyclic) bond motifs is 1. The van der Waals surface area contributed by atoms with Crippen LogP contribution in [-0.4, -0.2) is 20.6 Å². The van der Waals surface area contributed by atoms with E-state index in [1.54, 1.807) is 0 Å². The van der Waals surface area contributed by atoms with Crippen LogP contribution in [0, 0.1) is 26.2 Å². The second kappa shape index (κ2) is 6.06. The lowest BCUT2D eigenvalue weighted by Crippen LogP contribution is -2.31. The Morgan fingerprint density at radius 1 is 1.45 bits per heavy atom. The maximum absolute atomic E-state index is 5.41. The van der Waals surface area contributed by atoms with E-state index in [2.05, 4.69) is 42.1 Å². The Kier molecular flexibility index (Phi) is 4.41. The van der Waals surface area contributed by atoms with E-state index in [4.69, 9.17) is 6.42 Å². The second-order valence-corrected chi connectivity index (χ2v) is 5.26. The molecule has 2 aromatic heterocycles. The van der Waals surface area contributed by atoms with E-state index >= 15 is 0 Å². The second-order valence-electron chi connectivity index (χ2n) is 5.26. The molecule has 20 heavy (non-hydrogen) atoms. The largest absolute Gasteiger partial charge is 0.306 e. The Hall–Kier alpha value is -1.86. The Balaban J connectivity index is 2.28. The number of hydrogen-bond acceptors (Lipinski definition) is 3. The molecule has 0 bridgehead atoms. The first-order chi connectivity index (χ1) is 9.56. The zero-order valence-electron chi connectivity index (χ0n) is 12.6. The number of rotatable bonds is 5. The van der Waals surface area contributed by atoms with Crippen molar-refractivity contribution in [3.8, 4) is 12.3 Å². The molecular weight excluding hydrogens is 248 g/mol. The van der Waals surface area contributed by atoms with E-state index in [1.807, 2.05) is 23.7 Å². The Morgan fingerprint density at radius 3 is 2.85 bits per heavy atom. The van der Waals surface area contributed by atoms with Gasteiger partial charge in [-0.1, -0.05) is 6.92 Å². The molecule has 2 unspecified atom stereocenters. The molecule has 2 heterocycles. The van der Waals surface area contributed by atoms with E-state index in [0.717, 1.165) is 35.4 Å². The van der Waals surface area contributed by atoms with Gasteiger partial charge in [-0.2, -0.15) is 5.10 Å². The van der Waals surface area contributed by atoms with Crippen molar-refractivity contribution in [3.05, 3.63) is 29.2 Å². The predicted octanol–water partition coefficient (Wildman–Crippen LogP) is 2.80. The van der Waals surface area contributed by atoms with Crippen molar-refractivity contribution in [3.63, 3.8) is 0 Å². The number of terminal acetylenes is 1. The summed E-state index contributed by atoms with van der Waals surface area (Å²) >= 11 is 0. The standard InChI is InChI=1S/C16H22N4/c1-6-8-14(7-2)18-12(4)15-10-17-16-9-11(3)19-20(16)13(15)5/h1,9-10,12,14,18H,7-8H2,2-5H3. The van der Waals surface area contributed by atoms with Gasteiger partial charge in [0.15, 0.2) is 5.65 Å². The predicted molar refractivity (Wildman–Crippen MR) is 81.5 cm³/mol. The van der Waals surface area contributed by atoms with Gasteiger partial charge in [-0.15, -0.1) is 12.3 Å². The number of nitrogens with one attached hydrogen (secondary N) is 1. The summed E-state index contributed by atoms with van der Waals surface area (Å²) in [7, 11) is 0. The summed E-state index contributed by atoms with van der Waals surface area (Å²) in [6, 6.07) is 2.53. The average Bonchev–Trinajstić information content (AvgIpc) is 2.80. The maximum Gasteiger partial charge on any atom is 0.155 e. The fourth-order valence-electron chi connectivity index (χ4n) is 2.51. The maximum atomic E-state index is 5.41. The summed E-state index contributed by atoms with van der Waals surface area (Å²) in [6.07, 6.45) is 9.11. The topological polar surface area (TPSA) is 42.2 Å². The van der Waals surface area contributed by atoms with E-state index < -0.39 is 0 Å². The van der Waals surface area contributed by atoms with Gasteiger partial charge in [0.05, 0.1) is 5.69 Å². The van der Waals surface area contributed by atoms with E-state index in [9.17, 15) is 0 Å². The van der Waals surface area contributed by atoms with Crippen LogP contribution in [0.2, 0.25) is 0 Å². The Bertz CT molecular complexity index is 636. The molecule has 4 nitrogen and oxygen atoms in total. The highest BCUT2D eigenvalue weighted by Crippen LogP contribution is 2.19. The van der Waals surface area contributed by atoms with Gasteiger partial charge in [-0.3, -0.25) is 0 Å². The van der Waals surface area contributed by atoms with Gasteiger partial charge in [0.1, 0.15) is 0 Å². The summed E-state index contributed by atoms with van der Waals surface area (Å²) in [6.45, 7) is 8.35. The first kappa shape index (κ1) is 14.5. The summed E-state index contributed by atoms with van der Waals surface area (Å²) in [5.74, 6) is 2.73. The van der Waals surface area contributed by atoms with E-state index in [1.165, 1.54) is 0 Å². The molecule has 0 saturated heterocycles. The normalized spacial score (nSPS) is 14.2. The molecule has 0 amide bonds. The third-order valence-electron chi connectivity index (χ3n) is 3.69. The molecule has 1 N–H and O–H groups in total. The molecule has 0 spiro atoms. The van der Waals surface area contributed by atoms with Crippen molar-refractivity contribution in [2.45, 2.75) is 52.6 Å². The Morgan fingerprint density at radius 2 is 2.20 bits per heavy atom. The zero-order chi connectivity index (χ0) is 14.7.